The van der Waals surface area contributed by atoms with Crippen molar-refractivity contribution >= 4 is 16.6 Å². The number of ether oxygens (including phenoxy) is 2. The van der Waals surface area contributed by atoms with Crippen LogP contribution in [-0.2, 0) is 31.5 Å². The van der Waals surface area contributed by atoms with E-state index in [1.807, 2.05) is 0 Å². The zero-order valence-corrected chi connectivity index (χ0v) is 31.7. The molecule has 5 nitrogen and oxygen atoms in total. The molecule has 0 radical (unpaired) electrons. The van der Waals surface area contributed by atoms with Crippen LogP contribution in [0, 0.1) is 0 Å². The first-order chi connectivity index (χ1) is 20.5. The molecule has 0 saturated heterocycles. The second kappa shape index (κ2) is 16.0. The number of hydrogen-bond donors (Lipinski definition) is 1. The predicted molar refractivity (Wildman–Crippen MR) is 190 cm³/mol. The quantitative estimate of drug-likeness (QED) is 0.127. The normalized spacial score (nSPS) is 22.6. The van der Waals surface area contributed by atoms with Gasteiger partial charge in [-0.1, -0.05) is 116 Å². The third kappa shape index (κ3) is 10.6. The van der Waals surface area contributed by atoms with Crippen LogP contribution >= 0.6 is 0 Å². The maximum Gasteiger partial charge on any atom is 0.192 e. The van der Waals surface area contributed by atoms with Gasteiger partial charge < -0.3 is 23.6 Å². The van der Waals surface area contributed by atoms with Gasteiger partial charge in [0.1, 0.15) is 12.2 Å². The molecule has 1 N–H and O–H groups in total. The third-order valence-electron chi connectivity index (χ3n) is 10.1. The largest absolute Gasteiger partial charge is 0.411 e. The highest BCUT2D eigenvalue weighted by Crippen LogP contribution is 2.43. The maximum atomic E-state index is 7.34. The van der Waals surface area contributed by atoms with Crippen LogP contribution in [0.1, 0.15) is 85.3 Å². The van der Waals surface area contributed by atoms with E-state index in [1.54, 1.807) is 0 Å². The van der Waals surface area contributed by atoms with Gasteiger partial charge >= 0.3 is 0 Å². The molecule has 2 aromatic rings. The molecule has 248 valence electrons. The van der Waals surface area contributed by atoms with Crippen molar-refractivity contribution in [2.75, 3.05) is 6.54 Å². The van der Waals surface area contributed by atoms with Gasteiger partial charge in [0.2, 0.25) is 0 Å². The van der Waals surface area contributed by atoms with Gasteiger partial charge in [-0.2, -0.15) is 0 Å². The van der Waals surface area contributed by atoms with Crippen molar-refractivity contribution in [1.29, 1.82) is 0 Å². The summed E-state index contributed by atoms with van der Waals surface area (Å²) in [6.07, 6.45) is 3.27. The molecule has 4 atom stereocenters. The fourth-order valence-electron chi connectivity index (χ4n) is 5.28. The fourth-order valence-corrected chi connectivity index (χ4v) is 7.96. The lowest BCUT2D eigenvalue weighted by molar-refractivity contribution is -0.153. The van der Waals surface area contributed by atoms with Crippen molar-refractivity contribution in [1.82, 2.24) is 5.32 Å². The zero-order valence-electron chi connectivity index (χ0n) is 29.7. The van der Waals surface area contributed by atoms with E-state index in [2.05, 4.69) is 141 Å². The van der Waals surface area contributed by atoms with Gasteiger partial charge in [-0.05, 0) is 73.2 Å². The van der Waals surface area contributed by atoms with Crippen molar-refractivity contribution in [3.8, 4) is 0 Å². The van der Waals surface area contributed by atoms with Gasteiger partial charge in [-0.15, -0.1) is 0 Å². The molecule has 7 heteroatoms. The molecule has 0 bridgehead atoms. The Morgan fingerprint density at radius 3 is 1.39 bits per heavy atom. The van der Waals surface area contributed by atoms with Gasteiger partial charge in [0, 0.05) is 6.04 Å². The number of unbranched alkanes of at least 4 members (excludes halogenated alkanes) is 1. The fraction of sp³-hybridized carbons (Fsp3) is 0.676. The van der Waals surface area contributed by atoms with E-state index in [0.717, 1.165) is 36.9 Å². The molecular formula is C37H63NO4Si2. The van der Waals surface area contributed by atoms with Gasteiger partial charge in [0.25, 0.3) is 0 Å². The highest BCUT2D eigenvalue weighted by molar-refractivity contribution is 6.74. The van der Waals surface area contributed by atoms with Crippen LogP contribution < -0.4 is 5.32 Å². The lowest BCUT2D eigenvalue weighted by atomic mass is 10.0. The van der Waals surface area contributed by atoms with Crippen LogP contribution in [-0.4, -0.2) is 53.6 Å². The van der Waals surface area contributed by atoms with Crippen molar-refractivity contribution in [2.45, 2.75) is 154 Å². The van der Waals surface area contributed by atoms with E-state index in [1.165, 1.54) is 6.42 Å². The molecule has 1 aliphatic carbocycles. The summed E-state index contributed by atoms with van der Waals surface area (Å²) < 4.78 is 28.7. The van der Waals surface area contributed by atoms with E-state index in [9.17, 15) is 0 Å². The summed E-state index contributed by atoms with van der Waals surface area (Å²) in [6, 6.07) is 21.2. The first kappa shape index (κ1) is 37.1. The van der Waals surface area contributed by atoms with E-state index in [0.29, 0.717) is 13.2 Å². The standard InChI is InChI=1S/C37H63NO4Si2/c1-12-13-24-38-31-25-32(41-43(8,9)36(2,3)4)34(39-27-29-20-16-14-17-21-29)35(40-28-30-22-18-15-19-23-30)33(26-31)42-44(10,11)37(5,6)7/h14-23,31-35,38H,12-13,24-28H2,1-11H3/t32-,33-,34+,35+/m0/s1. The Kier molecular flexibility index (Phi) is 13.5. The minimum absolute atomic E-state index is 0.0753. The van der Waals surface area contributed by atoms with E-state index >= 15 is 0 Å². The molecule has 3 rings (SSSR count). The molecule has 2 aromatic carbocycles. The third-order valence-corrected chi connectivity index (χ3v) is 19.1. The van der Waals surface area contributed by atoms with Crippen LogP contribution in [0.2, 0.25) is 36.3 Å². The van der Waals surface area contributed by atoms with Gasteiger partial charge in [-0.25, -0.2) is 0 Å². The van der Waals surface area contributed by atoms with Crippen molar-refractivity contribution < 1.29 is 18.3 Å². The van der Waals surface area contributed by atoms with Gasteiger partial charge in [-0.3, -0.25) is 0 Å². The Hall–Kier alpha value is -1.33. The topological polar surface area (TPSA) is 49.0 Å². The first-order valence-electron chi connectivity index (χ1n) is 16.9. The van der Waals surface area contributed by atoms with Gasteiger partial charge in [0.15, 0.2) is 16.6 Å². The number of rotatable bonds is 14. The van der Waals surface area contributed by atoms with Crippen LogP contribution in [0.5, 0.6) is 0 Å². The Bertz CT molecular complexity index is 1010. The van der Waals surface area contributed by atoms with Crippen LogP contribution in [0.4, 0.5) is 0 Å². The summed E-state index contributed by atoms with van der Waals surface area (Å²) in [5.74, 6) is 0. The summed E-state index contributed by atoms with van der Waals surface area (Å²) in [7, 11) is -4.29. The predicted octanol–water partition coefficient (Wildman–Crippen LogP) is 9.49. The minimum Gasteiger partial charge on any atom is -0.411 e. The zero-order chi connectivity index (χ0) is 32.6. The molecular weight excluding hydrogens is 579 g/mol. The summed E-state index contributed by atoms with van der Waals surface area (Å²) in [4.78, 5) is 0. The average molecular weight is 642 g/mol. The maximum absolute atomic E-state index is 7.34. The molecule has 0 spiro atoms. The van der Waals surface area contributed by atoms with Crippen molar-refractivity contribution in [3.05, 3.63) is 71.8 Å². The molecule has 0 unspecified atom stereocenters. The molecule has 1 fully saturated rings. The number of benzene rings is 2. The molecule has 0 aromatic heterocycles. The summed E-state index contributed by atoms with van der Waals surface area (Å²) in [6.45, 7) is 27.6. The Morgan fingerprint density at radius 1 is 0.659 bits per heavy atom. The summed E-state index contributed by atoms with van der Waals surface area (Å²) in [5.41, 5.74) is 2.31. The Balaban J connectivity index is 2.10. The van der Waals surface area contributed by atoms with Crippen LogP contribution in [0.3, 0.4) is 0 Å². The van der Waals surface area contributed by atoms with Crippen LogP contribution in [0.25, 0.3) is 0 Å². The molecule has 0 amide bonds. The Morgan fingerprint density at radius 2 is 1.05 bits per heavy atom. The monoisotopic (exact) mass is 641 g/mol. The summed E-state index contributed by atoms with van der Waals surface area (Å²) >= 11 is 0. The smallest absolute Gasteiger partial charge is 0.192 e. The minimum atomic E-state index is -2.14. The van der Waals surface area contributed by atoms with E-state index in [-0.39, 0.29) is 40.5 Å². The van der Waals surface area contributed by atoms with E-state index < -0.39 is 16.6 Å². The van der Waals surface area contributed by atoms with E-state index in [4.69, 9.17) is 18.3 Å². The molecule has 0 heterocycles. The SMILES string of the molecule is CCCCNC1C[C@H](O[Si](C)(C)C(C)(C)C)[C@@H](OCc2ccccc2)[C@H](OCc2ccccc2)[C@@H](O[Si](C)(C)C(C)(C)C)C1. The van der Waals surface area contributed by atoms with Crippen molar-refractivity contribution in [3.63, 3.8) is 0 Å². The highest BCUT2D eigenvalue weighted by atomic mass is 28.4. The second-order valence-electron chi connectivity index (χ2n) is 15.8. The number of hydrogen-bond acceptors (Lipinski definition) is 5. The number of nitrogens with one attached hydrogen (secondary N) is 1. The molecule has 1 aliphatic rings. The lowest BCUT2D eigenvalue weighted by Gasteiger charge is -2.44. The Labute approximate surface area is 272 Å². The van der Waals surface area contributed by atoms with Crippen molar-refractivity contribution in [2.24, 2.45) is 0 Å². The molecule has 44 heavy (non-hydrogen) atoms. The first-order valence-corrected chi connectivity index (χ1v) is 22.8. The molecule has 0 aliphatic heterocycles. The summed E-state index contributed by atoms with van der Waals surface area (Å²) in [5, 5.41) is 4.07. The lowest BCUT2D eigenvalue weighted by Crippen LogP contribution is -2.55. The van der Waals surface area contributed by atoms with Gasteiger partial charge in [0.05, 0.1) is 25.4 Å². The average Bonchev–Trinajstić information content (AvgIpc) is 3.06. The molecule has 1 saturated carbocycles. The highest BCUT2D eigenvalue weighted by Gasteiger charge is 2.50. The van der Waals surface area contributed by atoms with Crippen LogP contribution in [0.15, 0.2) is 60.7 Å². The second-order valence-corrected chi connectivity index (χ2v) is 25.3.